The lowest BCUT2D eigenvalue weighted by Gasteiger charge is -2.18. The maximum atomic E-state index is 11.5. The first kappa shape index (κ1) is 16.7. The van der Waals surface area contributed by atoms with Crippen LogP contribution in [0.3, 0.4) is 0 Å². The summed E-state index contributed by atoms with van der Waals surface area (Å²) in [5.74, 6) is -0.0842. The minimum Gasteiger partial charge on any atom is -0.469 e. The molecule has 0 spiro atoms. The standard InChI is InChI=1S/C15H25NO4/c1-4-5-6-7-13-12(10-15(18)19-3)8-9-14(13)16-20-11(2)17/h12-13H,4-10H2,1-3H3/t12-,13+/m0/s1. The number of methoxy groups -OCH3 is 1. The third kappa shape index (κ3) is 5.31. The van der Waals surface area contributed by atoms with Gasteiger partial charge in [-0.15, -0.1) is 0 Å². The molecule has 5 heteroatoms. The molecule has 0 aromatic carbocycles. The van der Waals surface area contributed by atoms with Gasteiger partial charge in [0.05, 0.1) is 12.8 Å². The van der Waals surface area contributed by atoms with Gasteiger partial charge < -0.3 is 9.57 Å². The van der Waals surface area contributed by atoms with E-state index >= 15 is 0 Å². The van der Waals surface area contributed by atoms with E-state index < -0.39 is 5.97 Å². The molecule has 5 nitrogen and oxygen atoms in total. The molecule has 0 aliphatic heterocycles. The highest BCUT2D eigenvalue weighted by molar-refractivity contribution is 5.89. The summed E-state index contributed by atoms with van der Waals surface area (Å²) in [6, 6.07) is 0. The number of ether oxygens (including phenoxy) is 1. The van der Waals surface area contributed by atoms with E-state index in [2.05, 4.69) is 12.1 Å². The highest BCUT2D eigenvalue weighted by atomic mass is 16.7. The van der Waals surface area contributed by atoms with Gasteiger partial charge in [0, 0.05) is 19.3 Å². The highest BCUT2D eigenvalue weighted by Gasteiger charge is 2.34. The van der Waals surface area contributed by atoms with Crippen LogP contribution in [0.4, 0.5) is 0 Å². The van der Waals surface area contributed by atoms with Crippen molar-refractivity contribution < 1.29 is 19.2 Å². The summed E-state index contributed by atoms with van der Waals surface area (Å²) < 4.78 is 4.76. The Balaban J connectivity index is 2.67. The van der Waals surface area contributed by atoms with Crippen molar-refractivity contribution >= 4 is 17.7 Å². The third-order valence-corrected chi connectivity index (χ3v) is 3.83. The molecule has 0 aromatic rings. The average Bonchev–Trinajstić information content (AvgIpc) is 2.79. The molecule has 1 fully saturated rings. The summed E-state index contributed by atoms with van der Waals surface area (Å²) in [4.78, 5) is 27.1. The molecule has 1 rings (SSSR count). The second-order valence-electron chi connectivity index (χ2n) is 5.35. The van der Waals surface area contributed by atoms with Crippen LogP contribution in [0.25, 0.3) is 0 Å². The van der Waals surface area contributed by atoms with Crippen LogP contribution in [0.2, 0.25) is 0 Å². The fourth-order valence-electron chi connectivity index (χ4n) is 2.79. The Morgan fingerprint density at radius 1 is 1.35 bits per heavy atom. The lowest BCUT2D eigenvalue weighted by Crippen LogP contribution is -2.19. The van der Waals surface area contributed by atoms with E-state index in [0.717, 1.165) is 37.8 Å². The molecular formula is C15H25NO4. The van der Waals surface area contributed by atoms with Crippen LogP contribution in [-0.4, -0.2) is 24.8 Å². The summed E-state index contributed by atoms with van der Waals surface area (Å²) in [7, 11) is 1.41. The van der Waals surface area contributed by atoms with E-state index in [4.69, 9.17) is 9.57 Å². The minimum absolute atomic E-state index is 0.177. The molecule has 0 aromatic heterocycles. The van der Waals surface area contributed by atoms with Crippen molar-refractivity contribution in [3.63, 3.8) is 0 Å². The molecule has 114 valence electrons. The SMILES string of the molecule is CCCCC[C@H]1C(=NOC(C)=O)CC[C@H]1CC(=O)OC. The monoisotopic (exact) mass is 283 g/mol. The second-order valence-corrected chi connectivity index (χ2v) is 5.35. The van der Waals surface area contributed by atoms with Crippen molar-refractivity contribution in [2.45, 2.75) is 58.8 Å². The number of esters is 1. The molecule has 0 amide bonds. The van der Waals surface area contributed by atoms with Gasteiger partial charge in [0.25, 0.3) is 0 Å². The van der Waals surface area contributed by atoms with Gasteiger partial charge >= 0.3 is 11.9 Å². The van der Waals surface area contributed by atoms with Crippen molar-refractivity contribution in [2.24, 2.45) is 17.0 Å². The van der Waals surface area contributed by atoms with Crippen LogP contribution in [0, 0.1) is 11.8 Å². The normalized spacial score (nSPS) is 23.9. The van der Waals surface area contributed by atoms with Gasteiger partial charge in [-0.3, -0.25) is 4.79 Å². The van der Waals surface area contributed by atoms with Gasteiger partial charge in [0.1, 0.15) is 0 Å². The van der Waals surface area contributed by atoms with Crippen molar-refractivity contribution in [1.29, 1.82) is 0 Å². The van der Waals surface area contributed by atoms with E-state index in [9.17, 15) is 9.59 Å². The molecule has 1 saturated carbocycles. The molecule has 0 heterocycles. The molecule has 20 heavy (non-hydrogen) atoms. The van der Waals surface area contributed by atoms with Crippen LogP contribution in [0.1, 0.15) is 58.8 Å². The zero-order chi connectivity index (χ0) is 15.0. The van der Waals surface area contributed by atoms with Crippen molar-refractivity contribution in [1.82, 2.24) is 0 Å². The predicted molar refractivity (Wildman–Crippen MR) is 76.2 cm³/mol. The van der Waals surface area contributed by atoms with Gasteiger partial charge in [-0.25, -0.2) is 4.79 Å². The van der Waals surface area contributed by atoms with Crippen molar-refractivity contribution in [3.05, 3.63) is 0 Å². The van der Waals surface area contributed by atoms with Crippen molar-refractivity contribution in [2.75, 3.05) is 7.11 Å². The number of unbranched alkanes of at least 4 members (excludes halogenated alkanes) is 2. The Morgan fingerprint density at radius 2 is 2.10 bits per heavy atom. The number of rotatable bonds is 7. The summed E-state index contributed by atoms with van der Waals surface area (Å²) in [5.41, 5.74) is 0.921. The van der Waals surface area contributed by atoms with E-state index in [1.807, 2.05) is 0 Å². The quantitative estimate of drug-likeness (QED) is 0.312. The Hall–Kier alpha value is -1.39. The fourth-order valence-corrected chi connectivity index (χ4v) is 2.79. The number of oxime groups is 1. The third-order valence-electron chi connectivity index (χ3n) is 3.83. The van der Waals surface area contributed by atoms with Gasteiger partial charge in [-0.1, -0.05) is 31.3 Å². The molecular weight excluding hydrogens is 258 g/mol. The molecule has 2 atom stereocenters. The maximum Gasteiger partial charge on any atom is 0.331 e. The molecule has 1 aliphatic carbocycles. The van der Waals surface area contributed by atoms with Crippen LogP contribution < -0.4 is 0 Å². The second kappa shape index (κ2) is 8.72. The first-order valence-electron chi connectivity index (χ1n) is 7.39. The summed E-state index contributed by atoms with van der Waals surface area (Å²) in [5, 5.41) is 3.98. The average molecular weight is 283 g/mol. The highest BCUT2D eigenvalue weighted by Crippen LogP contribution is 2.36. The largest absolute Gasteiger partial charge is 0.469 e. The molecule has 0 unspecified atom stereocenters. The first-order valence-corrected chi connectivity index (χ1v) is 7.39. The van der Waals surface area contributed by atoms with Crippen LogP contribution in [0.15, 0.2) is 5.16 Å². The molecule has 0 bridgehead atoms. The summed E-state index contributed by atoms with van der Waals surface area (Å²) >= 11 is 0. The lowest BCUT2D eigenvalue weighted by molar-refractivity contribution is -0.142. The summed E-state index contributed by atoms with van der Waals surface area (Å²) in [6.45, 7) is 3.51. The van der Waals surface area contributed by atoms with Gasteiger partial charge in [0.2, 0.25) is 0 Å². The van der Waals surface area contributed by atoms with Gasteiger partial charge in [-0.05, 0) is 25.2 Å². The zero-order valence-corrected chi connectivity index (χ0v) is 12.7. The number of hydrogen-bond donors (Lipinski definition) is 0. The van der Waals surface area contributed by atoms with E-state index in [1.54, 1.807) is 0 Å². The van der Waals surface area contributed by atoms with Crippen molar-refractivity contribution in [3.8, 4) is 0 Å². The maximum absolute atomic E-state index is 11.5. The molecule has 0 N–H and O–H groups in total. The number of carbonyl (C=O) groups is 2. The van der Waals surface area contributed by atoms with Crippen LogP contribution in [-0.2, 0) is 19.2 Å². The molecule has 1 aliphatic rings. The Morgan fingerprint density at radius 3 is 2.70 bits per heavy atom. The minimum atomic E-state index is -0.402. The van der Waals surface area contributed by atoms with E-state index in [0.29, 0.717) is 6.42 Å². The fraction of sp³-hybridized carbons (Fsp3) is 0.800. The Kier molecular flexibility index (Phi) is 7.26. The smallest absolute Gasteiger partial charge is 0.331 e. The van der Waals surface area contributed by atoms with Gasteiger partial charge in [0.15, 0.2) is 0 Å². The molecule has 0 radical (unpaired) electrons. The Labute approximate surface area is 120 Å². The van der Waals surface area contributed by atoms with E-state index in [-0.39, 0.29) is 17.8 Å². The number of hydrogen-bond acceptors (Lipinski definition) is 5. The lowest BCUT2D eigenvalue weighted by atomic mass is 9.87. The van der Waals surface area contributed by atoms with Crippen LogP contribution >= 0.6 is 0 Å². The number of nitrogens with zero attached hydrogens (tertiary/aromatic N) is 1. The first-order chi connectivity index (χ1) is 9.58. The van der Waals surface area contributed by atoms with Crippen LogP contribution in [0.5, 0.6) is 0 Å². The summed E-state index contributed by atoms with van der Waals surface area (Å²) in [6.07, 6.45) is 6.56. The predicted octanol–water partition coefficient (Wildman–Crippen LogP) is 3.08. The molecule has 0 saturated heterocycles. The Bertz CT molecular complexity index is 365. The van der Waals surface area contributed by atoms with E-state index in [1.165, 1.54) is 20.5 Å². The zero-order valence-electron chi connectivity index (χ0n) is 12.7. The number of carbonyl (C=O) groups excluding carboxylic acids is 2. The topological polar surface area (TPSA) is 65.0 Å². The van der Waals surface area contributed by atoms with Gasteiger partial charge in [-0.2, -0.15) is 0 Å².